The molecule has 0 saturated heterocycles. The Balaban J connectivity index is 4.20. The topological polar surface area (TPSA) is 57.6 Å². The summed E-state index contributed by atoms with van der Waals surface area (Å²) in [5, 5.41) is 9.38. The predicted octanol–water partition coefficient (Wildman–Crippen LogP) is 0.831. The Morgan fingerprint density at radius 1 is 1.33 bits per heavy atom. The van der Waals surface area contributed by atoms with Crippen molar-refractivity contribution in [2.75, 3.05) is 13.6 Å². The number of rotatable bonds is 5. The van der Waals surface area contributed by atoms with Gasteiger partial charge in [-0.05, 0) is 19.8 Å². The molecule has 0 heterocycles. The maximum atomic E-state index is 11.5. The fraction of sp³-hybridized carbons (Fsp3) is 0.818. The lowest BCUT2D eigenvalue weighted by Crippen LogP contribution is -2.38. The van der Waals surface area contributed by atoms with Gasteiger partial charge >= 0.3 is 0 Å². The van der Waals surface area contributed by atoms with Crippen LogP contribution in [0.3, 0.4) is 0 Å². The minimum atomic E-state index is -1.42. The minimum Gasteiger partial charge on any atom is -0.383 e. The second kappa shape index (κ2) is 5.26. The van der Waals surface area contributed by atoms with Crippen LogP contribution in [0, 0.1) is 5.92 Å². The molecule has 0 aromatic heterocycles. The summed E-state index contributed by atoms with van der Waals surface area (Å²) in [4.78, 5) is 24.4. The van der Waals surface area contributed by atoms with Gasteiger partial charge in [0.1, 0.15) is 5.60 Å². The zero-order valence-corrected chi connectivity index (χ0v) is 10.2. The van der Waals surface area contributed by atoms with Crippen LogP contribution >= 0.6 is 0 Å². The molecule has 0 spiro atoms. The van der Waals surface area contributed by atoms with Crippen LogP contribution in [0.4, 0.5) is 0 Å². The Morgan fingerprint density at radius 3 is 2.13 bits per heavy atom. The number of carbonyl (C=O) groups is 2. The fourth-order valence-corrected chi connectivity index (χ4v) is 1.14. The van der Waals surface area contributed by atoms with Crippen LogP contribution in [0.5, 0.6) is 0 Å². The SMILES string of the molecule is CC(C)CN(C)C(=O)CC(=O)C(C)(C)O. The summed E-state index contributed by atoms with van der Waals surface area (Å²) in [5.41, 5.74) is -1.42. The summed E-state index contributed by atoms with van der Waals surface area (Å²) < 4.78 is 0. The van der Waals surface area contributed by atoms with E-state index in [1.54, 1.807) is 7.05 Å². The molecule has 0 bridgehead atoms. The first-order valence-corrected chi connectivity index (χ1v) is 5.14. The number of Topliss-reactive ketones (excluding diaryl/α,β-unsaturated/α-hetero) is 1. The molecule has 0 saturated carbocycles. The third-order valence-corrected chi connectivity index (χ3v) is 2.06. The van der Waals surface area contributed by atoms with Crippen LogP contribution in [0.15, 0.2) is 0 Å². The first-order valence-electron chi connectivity index (χ1n) is 5.14. The second-order valence-electron chi connectivity index (χ2n) is 4.83. The molecule has 4 heteroatoms. The summed E-state index contributed by atoms with van der Waals surface area (Å²) in [6, 6.07) is 0. The Hall–Kier alpha value is -0.900. The molecule has 15 heavy (non-hydrogen) atoms. The Bertz CT molecular complexity index is 241. The van der Waals surface area contributed by atoms with Gasteiger partial charge in [0.2, 0.25) is 5.91 Å². The van der Waals surface area contributed by atoms with Gasteiger partial charge in [0.05, 0.1) is 6.42 Å². The van der Waals surface area contributed by atoms with Gasteiger partial charge in [0.25, 0.3) is 0 Å². The molecule has 0 aliphatic rings. The van der Waals surface area contributed by atoms with E-state index in [-0.39, 0.29) is 12.3 Å². The molecule has 0 aliphatic carbocycles. The van der Waals surface area contributed by atoms with Gasteiger partial charge in [-0.2, -0.15) is 0 Å². The van der Waals surface area contributed by atoms with Crippen LogP contribution in [0.1, 0.15) is 34.1 Å². The third-order valence-electron chi connectivity index (χ3n) is 2.06. The summed E-state index contributed by atoms with van der Waals surface area (Å²) in [6.07, 6.45) is -0.229. The second-order valence-corrected chi connectivity index (χ2v) is 4.83. The highest BCUT2D eigenvalue weighted by Crippen LogP contribution is 2.08. The van der Waals surface area contributed by atoms with Crippen molar-refractivity contribution in [3.63, 3.8) is 0 Å². The zero-order valence-electron chi connectivity index (χ0n) is 10.2. The van der Waals surface area contributed by atoms with E-state index in [0.29, 0.717) is 12.5 Å². The fourth-order valence-electron chi connectivity index (χ4n) is 1.14. The number of nitrogens with zero attached hydrogens (tertiary/aromatic N) is 1. The van der Waals surface area contributed by atoms with Crippen LogP contribution in [-0.2, 0) is 9.59 Å². The lowest BCUT2D eigenvalue weighted by atomic mass is 10.0. The average molecular weight is 215 g/mol. The van der Waals surface area contributed by atoms with Crippen LogP contribution < -0.4 is 0 Å². The molecule has 0 atom stereocenters. The summed E-state index contributed by atoms with van der Waals surface area (Å²) in [6.45, 7) is 7.41. The number of ketones is 1. The maximum Gasteiger partial charge on any atom is 0.229 e. The van der Waals surface area contributed by atoms with Gasteiger partial charge in [-0.1, -0.05) is 13.8 Å². The molecule has 1 amide bonds. The molecule has 0 aromatic rings. The van der Waals surface area contributed by atoms with Gasteiger partial charge in [0.15, 0.2) is 5.78 Å². The summed E-state index contributed by atoms with van der Waals surface area (Å²) >= 11 is 0. The van der Waals surface area contributed by atoms with Crippen LogP contribution in [-0.4, -0.2) is 40.9 Å². The van der Waals surface area contributed by atoms with E-state index in [1.165, 1.54) is 18.7 Å². The first-order chi connectivity index (χ1) is 6.64. The first kappa shape index (κ1) is 14.1. The number of hydrogen-bond acceptors (Lipinski definition) is 3. The van der Waals surface area contributed by atoms with Crippen molar-refractivity contribution < 1.29 is 14.7 Å². The van der Waals surface area contributed by atoms with Crippen LogP contribution in [0.2, 0.25) is 0 Å². The molecule has 0 aromatic carbocycles. The van der Waals surface area contributed by atoms with Crippen molar-refractivity contribution in [2.24, 2.45) is 5.92 Å². The average Bonchev–Trinajstić information content (AvgIpc) is 2.00. The van der Waals surface area contributed by atoms with Gasteiger partial charge in [-0.15, -0.1) is 0 Å². The molecule has 1 N–H and O–H groups in total. The van der Waals surface area contributed by atoms with Gasteiger partial charge < -0.3 is 10.0 Å². The highest BCUT2D eigenvalue weighted by molar-refractivity contribution is 6.01. The van der Waals surface area contributed by atoms with Crippen molar-refractivity contribution in [3.8, 4) is 0 Å². The smallest absolute Gasteiger partial charge is 0.229 e. The predicted molar refractivity (Wildman–Crippen MR) is 58.4 cm³/mol. The van der Waals surface area contributed by atoms with Gasteiger partial charge in [0, 0.05) is 13.6 Å². The molecular weight excluding hydrogens is 194 g/mol. The Morgan fingerprint density at radius 2 is 1.80 bits per heavy atom. The van der Waals surface area contributed by atoms with Crippen molar-refractivity contribution in [1.82, 2.24) is 4.90 Å². The number of hydrogen-bond donors (Lipinski definition) is 1. The lowest BCUT2D eigenvalue weighted by molar-refractivity contribution is -0.142. The quantitative estimate of drug-likeness (QED) is 0.691. The van der Waals surface area contributed by atoms with E-state index in [0.717, 1.165) is 0 Å². The normalized spacial score (nSPS) is 11.7. The monoisotopic (exact) mass is 215 g/mol. The minimum absolute atomic E-state index is 0.229. The van der Waals surface area contributed by atoms with Crippen LogP contribution in [0.25, 0.3) is 0 Å². The van der Waals surface area contributed by atoms with E-state index in [9.17, 15) is 14.7 Å². The van der Waals surface area contributed by atoms with E-state index in [1.807, 2.05) is 13.8 Å². The van der Waals surface area contributed by atoms with E-state index >= 15 is 0 Å². The largest absolute Gasteiger partial charge is 0.383 e. The number of aliphatic hydroxyl groups is 1. The van der Waals surface area contributed by atoms with Crippen molar-refractivity contribution >= 4 is 11.7 Å². The molecule has 0 fully saturated rings. The highest BCUT2D eigenvalue weighted by Gasteiger charge is 2.26. The lowest BCUT2D eigenvalue weighted by Gasteiger charge is -2.21. The van der Waals surface area contributed by atoms with E-state index in [2.05, 4.69) is 0 Å². The Labute approximate surface area is 91.3 Å². The van der Waals surface area contributed by atoms with Crippen molar-refractivity contribution in [1.29, 1.82) is 0 Å². The van der Waals surface area contributed by atoms with Crippen molar-refractivity contribution in [2.45, 2.75) is 39.7 Å². The third kappa shape index (κ3) is 5.52. The standard InChI is InChI=1S/C11H21NO3/c1-8(2)7-12(5)10(14)6-9(13)11(3,4)15/h8,15H,6-7H2,1-5H3. The molecular formula is C11H21NO3. The zero-order chi connectivity index (χ0) is 12.2. The molecule has 88 valence electrons. The molecule has 0 aliphatic heterocycles. The summed E-state index contributed by atoms with van der Waals surface area (Å²) in [5.74, 6) is -0.310. The van der Waals surface area contributed by atoms with Gasteiger partial charge in [-0.25, -0.2) is 0 Å². The van der Waals surface area contributed by atoms with E-state index < -0.39 is 11.4 Å². The summed E-state index contributed by atoms with van der Waals surface area (Å²) in [7, 11) is 1.67. The van der Waals surface area contributed by atoms with E-state index in [4.69, 9.17) is 0 Å². The van der Waals surface area contributed by atoms with Crippen molar-refractivity contribution in [3.05, 3.63) is 0 Å². The molecule has 0 unspecified atom stereocenters. The highest BCUT2D eigenvalue weighted by atomic mass is 16.3. The molecule has 0 rings (SSSR count). The molecule has 4 nitrogen and oxygen atoms in total. The Kier molecular flexibility index (Phi) is 4.94. The number of carbonyl (C=O) groups excluding carboxylic acids is 2. The van der Waals surface area contributed by atoms with Gasteiger partial charge in [-0.3, -0.25) is 9.59 Å². The number of amides is 1. The maximum absolute atomic E-state index is 11.5. The molecule has 0 radical (unpaired) electrons.